The molecule has 0 aliphatic rings. The number of esters is 2. The number of rotatable bonds is 3. The number of methoxy groups -OCH3 is 1. The Hall–Kier alpha value is -2.10. The van der Waals surface area contributed by atoms with Crippen LogP contribution in [0, 0.1) is 0 Å². The summed E-state index contributed by atoms with van der Waals surface area (Å²) in [6, 6.07) is 6.74. The van der Waals surface area contributed by atoms with E-state index in [2.05, 4.69) is 4.74 Å². The molecule has 0 heterocycles. The minimum atomic E-state index is -0.504. The molecule has 0 unspecified atom stereocenters. The van der Waals surface area contributed by atoms with Crippen LogP contribution in [0.5, 0.6) is 0 Å². The normalized spacial score (nSPS) is 11.4. The van der Waals surface area contributed by atoms with E-state index in [0.717, 1.165) is 5.56 Å². The fraction of sp³-hybridized carbons (Fsp3) is 0.333. The second-order valence-corrected chi connectivity index (χ2v) is 4.98. The zero-order chi connectivity index (χ0) is 14.5. The third-order valence-corrected chi connectivity index (χ3v) is 2.15. The molecule has 0 radical (unpaired) electrons. The van der Waals surface area contributed by atoms with Crippen molar-refractivity contribution in [1.29, 1.82) is 0 Å². The Labute approximate surface area is 113 Å². The molecule has 0 atom stereocenters. The molecule has 1 aromatic carbocycles. The van der Waals surface area contributed by atoms with Gasteiger partial charge in [0.2, 0.25) is 0 Å². The van der Waals surface area contributed by atoms with Crippen molar-refractivity contribution < 1.29 is 19.1 Å². The Kier molecular flexibility index (Phi) is 4.87. The molecule has 102 valence electrons. The molecule has 1 aromatic rings. The van der Waals surface area contributed by atoms with Crippen LogP contribution in [-0.2, 0) is 14.3 Å². The second-order valence-electron chi connectivity index (χ2n) is 4.98. The van der Waals surface area contributed by atoms with Crippen LogP contribution in [0.2, 0.25) is 0 Å². The van der Waals surface area contributed by atoms with E-state index >= 15 is 0 Å². The Bertz CT molecular complexity index is 478. The van der Waals surface area contributed by atoms with Crippen molar-refractivity contribution in [1.82, 2.24) is 0 Å². The summed E-state index contributed by atoms with van der Waals surface area (Å²) in [5.41, 5.74) is 0.770. The Morgan fingerprint density at radius 2 is 1.68 bits per heavy atom. The highest BCUT2D eigenvalue weighted by Crippen LogP contribution is 2.10. The highest BCUT2D eigenvalue weighted by Gasteiger charge is 2.13. The number of benzene rings is 1. The van der Waals surface area contributed by atoms with Crippen LogP contribution in [0.3, 0.4) is 0 Å². The van der Waals surface area contributed by atoms with Gasteiger partial charge in [0.05, 0.1) is 12.7 Å². The van der Waals surface area contributed by atoms with Gasteiger partial charge in [-0.1, -0.05) is 12.1 Å². The summed E-state index contributed by atoms with van der Waals surface area (Å²) < 4.78 is 9.74. The molecule has 0 aliphatic heterocycles. The molecule has 0 saturated carbocycles. The average molecular weight is 262 g/mol. The highest BCUT2D eigenvalue weighted by molar-refractivity contribution is 5.90. The number of hydrogen-bond donors (Lipinski definition) is 0. The first-order chi connectivity index (χ1) is 8.81. The maximum absolute atomic E-state index is 11.5. The first kappa shape index (κ1) is 15.0. The first-order valence-corrected chi connectivity index (χ1v) is 5.91. The minimum absolute atomic E-state index is 0.386. The van der Waals surface area contributed by atoms with Crippen molar-refractivity contribution in [2.24, 2.45) is 0 Å². The first-order valence-electron chi connectivity index (χ1n) is 5.91. The van der Waals surface area contributed by atoms with Gasteiger partial charge in [-0.3, -0.25) is 0 Å². The standard InChI is InChI=1S/C15H18O4/c1-15(2,3)19-13(16)10-7-11-5-8-12(9-6-11)14(17)18-4/h5-10H,1-4H3. The van der Waals surface area contributed by atoms with Gasteiger partial charge in [0.25, 0.3) is 0 Å². The molecule has 19 heavy (non-hydrogen) atoms. The smallest absolute Gasteiger partial charge is 0.337 e. The summed E-state index contributed by atoms with van der Waals surface area (Å²) >= 11 is 0. The van der Waals surface area contributed by atoms with E-state index in [0.29, 0.717) is 5.56 Å². The van der Waals surface area contributed by atoms with Crippen molar-refractivity contribution in [2.75, 3.05) is 7.11 Å². The molecule has 0 fully saturated rings. The average Bonchev–Trinajstić information content (AvgIpc) is 2.34. The molecular formula is C15H18O4. The van der Waals surface area contributed by atoms with Gasteiger partial charge in [0.1, 0.15) is 5.60 Å². The van der Waals surface area contributed by atoms with Crippen LogP contribution >= 0.6 is 0 Å². The van der Waals surface area contributed by atoms with Crippen molar-refractivity contribution in [3.05, 3.63) is 41.5 Å². The third-order valence-electron chi connectivity index (χ3n) is 2.15. The van der Waals surface area contributed by atoms with Gasteiger partial charge in [0.15, 0.2) is 0 Å². The number of carbonyl (C=O) groups is 2. The zero-order valence-electron chi connectivity index (χ0n) is 11.6. The Morgan fingerprint density at radius 1 is 1.11 bits per heavy atom. The summed E-state index contributed by atoms with van der Waals surface area (Å²) in [6.45, 7) is 5.43. The van der Waals surface area contributed by atoms with E-state index in [4.69, 9.17) is 4.74 Å². The van der Waals surface area contributed by atoms with Gasteiger partial charge in [-0.25, -0.2) is 9.59 Å². The van der Waals surface area contributed by atoms with Crippen LogP contribution in [0.4, 0.5) is 0 Å². The summed E-state index contributed by atoms with van der Waals surface area (Å²) in [5, 5.41) is 0. The van der Waals surface area contributed by atoms with Crippen LogP contribution in [0.1, 0.15) is 36.7 Å². The van der Waals surface area contributed by atoms with Crippen molar-refractivity contribution in [2.45, 2.75) is 26.4 Å². The molecule has 4 heteroatoms. The lowest BCUT2D eigenvalue weighted by Crippen LogP contribution is -2.22. The van der Waals surface area contributed by atoms with Gasteiger partial charge >= 0.3 is 11.9 Å². The van der Waals surface area contributed by atoms with E-state index in [-0.39, 0.29) is 5.97 Å². The maximum atomic E-state index is 11.5. The van der Waals surface area contributed by atoms with Crippen LogP contribution in [-0.4, -0.2) is 24.6 Å². The van der Waals surface area contributed by atoms with Gasteiger partial charge in [-0.15, -0.1) is 0 Å². The molecule has 0 spiro atoms. The van der Waals surface area contributed by atoms with Crippen LogP contribution in [0.25, 0.3) is 6.08 Å². The topological polar surface area (TPSA) is 52.6 Å². The molecular weight excluding hydrogens is 244 g/mol. The van der Waals surface area contributed by atoms with Gasteiger partial charge < -0.3 is 9.47 Å². The van der Waals surface area contributed by atoms with Gasteiger partial charge in [0, 0.05) is 6.08 Å². The zero-order valence-corrected chi connectivity index (χ0v) is 11.6. The van der Waals surface area contributed by atoms with Gasteiger partial charge in [-0.2, -0.15) is 0 Å². The lowest BCUT2D eigenvalue weighted by atomic mass is 10.1. The molecule has 0 amide bonds. The molecule has 4 nitrogen and oxygen atoms in total. The van der Waals surface area contributed by atoms with E-state index in [1.54, 1.807) is 30.3 Å². The quantitative estimate of drug-likeness (QED) is 0.621. The summed E-state index contributed by atoms with van der Waals surface area (Å²) in [4.78, 5) is 22.7. The predicted octanol–water partition coefficient (Wildman–Crippen LogP) is 2.83. The second kappa shape index (κ2) is 6.18. The highest BCUT2D eigenvalue weighted by atomic mass is 16.6. The summed E-state index contributed by atoms with van der Waals surface area (Å²) in [5.74, 6) is -0.785. The minimum Gasteiger partial charge on any atom is -0.465 e. The van der Waals surface area contributed by atoms with Crippen LogP contribution in [0.15, 0.2) is 30.3 Å². The van der Waals surface area contributed by atoms with Crippen molar-refractivity contribution >= 4 is 18.0 Å². The Balaban J connectivity index is 2.68. The lowest BCUT2D eigenvalue weighted by molar-refractivity contribution is -0.148. The van der Waals surface area contributed by atoms with E-state index in [1.165, 1.54) is 13.2 Å². The maximum Gasteiger partial charge on any atom is 0.337 e. The number of carbonyl (C=O) groups excluding carboxylic acids is 2. The largest absolute Gasteiger partial charge is 0.465 e. The van der Waals surface area contributed by atoms with E-state index in [1.807, 2.05) is 20.8 Å². The number of hydrogen-bond acceptors (Lipinski definition) is 4. The molecule has 0 aromatic heterocycles. The molecule has 0 aliphatic carbocycles. The predicted molar refractivity (Wildman–Crippen MR) is 72.7 cm³/mol. The molecule has 0 bridgehead atoms. The van der Waals surface area contributed by atoms with Crippen LogP contribution < -0.4 is 0 Å². The molecule has 0 N–H and O–H groups in total. The van der Waals surface area contributed by atoms with Gasteiger partial charge in [-0.05, 0) is 44.5 Å². The van der Waals surface area contributed by atoms with Crippen molar-refractivity contribution in [3.63, 3.8) is 0 Å². The summed E-state index contributed by atoms with van der Waals surface area (Å²) in [6.07, 6.45) is 2.99. The van der Waals surface area contributed by atoms with E-state index < -0.39 is 11.6 Å². The summed E-state index contributed by atoms with van der Waals surface area (Å²) in [7, 11) is 1.33. The van der Waals surface area contributed by atoms with Crippen molar-refractivity contribution in [3.8, 4) is 0 Å². The lowest BCUT2D eigenvalue weighted by Gasteiger charge is -2.17. The third kappa shape index (κ3) is 5.38. The SMILES string of the molecule is COC(=O)c1ccc(C=CC(=O)OC(C)(C)C)cc1. The number of ether oxygens (including phenoxy) is 2. The molecule has 0 saturated heterocycles. The monoisotopic (exact) mass is 262 g/mol. The van der Waals surface area contributed by atoms with E-state index in [9.17, 15) is 9.59 Å². The Morgan fingerprint density at radius 3 is 2.16 bits per heavy atom. The fourth-order valence-corrected chi connectivity index (χ4v) is 1.35. The molecule has 1 rings (SSSR count). The fourth-order valence-electron chi connectivity index (χ4n) is 1.35.